The predicted molar refractivity (Wildman–Crippen MR) is 144 cm³/mol. The van der Waals surface area contributed by atoms with E-state index in [2.05, 4.69) is 33.0 Å². The second kappa shape index (κ2) is 11.6. The molecule has 5 nitrogen and oxygen atoms in total. The van der Waals surface area contributed by atoms with Gasteiger partial charge in [0, 0.05) is 6.42 Å². The topological polar surface area (TPSA) is 64.6 Å². The van der Waals surface area contributed by atoms with Crippen molar-refractivity contribution in [1.82, 2.24) is 5.32 Å². The summed E-state index contributed by atoms with van der Waals surface area (Å²) in [6.45, 7) is 10.1. The quantitative estimate of drug-likeness (QED) is 0.367. The zero-order valence-electron chi connectivity index (χ0n) is 21.9. The normalized spacial score (nSPS) is 16.8. The largest absolute Gasteiger partial charge is 0.493 e. The van der Waals surface area contributed by atoms with Crippen molar-refractivity contribution in [1.29, 1.82) is 0 Å². The van der Waals surface area contributed by atoms with Gasteiger partial charge in [-0.15, -0.1) is 0 Å². The van der Waals surface area contributed by atoms with Crippen LogP contribution in [0.2, 0.25) is 0 Å². The number of carbonyl (C=O) groups excluding carboxylic acids is 2. The van der Waals surface area contributed by atoms with E-state index < -0.39 is 0 Å². The molecule has 2 aromatic carbocycles. The first kappa shape index (κ1) is 25.7. The maximum Gasteiger partial charge on any atom is 0.256 e. The summed E-state index contributed by atoms with van der Waals surface area (Å²) in [5.41, 5.74) is 4.04. The van der Waals surface area contributed by atoms with Gasteiger partial charge in [-0.05, 0) is 77.8 Å². The summed E-state index contributed by atoms with van der Waals surface area (Å²) < 4.78 is 11.8. The fourth-order valence-electron chi connectivity index (χ4n) is 4.94. The molecule has 5 heteroatoms. The molecule has 2 atom stereocenters. The summed E-state index contributed by atoms with van der Waals surface area (Å²) >= 11 is 0. The lowest BCUT2D eigenvalue weighted by Crippen LogP contribution is -2.16. The number of hydrogen-bond donors (Lipinski definition) is 1. The van der Waals surface area contributed by atoms with Gasteiger partial charge < -0.3 is 14.8 Å². The van der Waals surface area contributed by atoms with Crippen LogP contribution < -0.4 is 14.8 Å². The molecule has 2 aromatic rings. The van der Waals surface area contributed by atoms with Crippen LogP contribution >= 0.6 is 0 Å². The lowest BCUT2D eigenvalue weighted by atomic mass is 10.0. The summed E-state index contributed by atoms with van der Waals surface area (Å²) in [6.07, 6.45) is 4.78. The zero-order valence-corrected chi connectivity index (χ0v) is 21.9. The molecule has 36 heavy (non-hydrogen) atoms. The standard InChI is InChI=1S/C31H37NO4/c1-5-7-20(3)18-35-24-13-9-22(10-14-24)26-17-27(33)29-28(26)31(34)32-30(29)23-11-15-25(16-12-23)36-19-21(4)8-6-2/h9-16,20-21H,5-8,17-19H2,1-4H3,(H,32,34). The van der Waals surface area contributed by atoms with E-state index in [9.17, 15) is 9.59 Å². The number of carbonyl (C=O) groups is 2. The number of Topliss-reactive ketones (excluding diaryl/α,β-unsaturated/α-hetero) is 1. The van der Waals surface area contributed by atoms with E-state index in [4.69, 9.17) is 9.47 Å². The smallest absolute Gasteiger partial charge is 0.256 e. The number of ketones is 1. The maximum atomic E-state index is 13.0. The van der Waals surface area contributed by atoms with Crippen molar-refractivity contribution in [2.45, 2.75) is 59.8 Å². The van der Waals surface area contributed by atoms with E-state index in [0.29, 0.717) is 41.9 Å². The zero-order chi connectivity index (χ0) is 25.7. The molecule has 1 aliphatic carbocycles. The van der Waals surface area contributed by atoms with Crippen molar-refractivity contribution >= 4 is 23.0 Å². The Bertz CT molecular complexity index is 1060. The molecule has 4 rings (SSSR count). The van der Waals surface area contributed by atoms with Gasteiger partial charge in [0.15, 0.2) is 5.78 Å². The first-order valence-corrected chi connectivity index (χ1v) is 13.2. The summed E-state index contributed by atoms with van der Waals surface area (Å²) in [5.74, 6) is 2.35. The first-order chi connectivity index (χ1) is 17.4. The van der Waals surface area contributed by atoms with Crippen LogP contribution in [0, 0.1) is 11.8 Å². The van der Waals surface area contributed by atoms with E-state index in [0.717, 1.165) is 53.9 Å². The van der Waals surface area contributed by atoms with Gasteiger partial charge >= 0.3 is 0 Å². The lowest BCUT2D eigenvalue weighted by Gasteiger charge is -2.13. The minimum atomic E-state index is -0.219. The van der Waals surface area contributed by atoms with Gasteiger partial charge in [-0.1, -0.05) is 52.7 Å². The Kier molecular flexibility index (Phi) is 8.29. The fourth-order valence-corrected chi connectivity index (χ4v) is 4.94. The van der Waals surface area contributed by atoms with Crippen LogP contribution in [0.4, 0.5) is 0 Å². The average molecular weight is 488 g/mol. The van der Waals surface area contributed by atoms with Crippen LogP contribution in [0.15, 0.2) is 59.7 Å². The van der Waals surface area contributed by atoms with Crippen molar-refractivity contribution in [3.8, 4) is 11.5 Å². The van der Waals surface area contributed by atoms with Gasteiger partial charge in [-0.3, -0.25) is 9.59 Å². The van der Waals surface area contributed by atoms with E-state index in [1.807, 2.05) is 48.5 Å². The molecule has 1 aliphatic heterocycles. The third kappa shape index (κ3) is 5.72. The second-order valence-corrected chi connectivity index (χ2v) is 10.1. The van der Waals surface area contributed by atoms with E-state index in [-0.39, 0.29) is 18.1 Å². The van der Waals surface area contributed by atoms with Crippen molar-refractivity contribution in [2.75, 3.05) is 13.2 Å². The number of allylic oxidation sites excluding steroid dienone is 1. The number of fused-ring (bicyclic) bond motifs is 1. The molecule has 0 fully saturated rings. The monoisotopic (exact) mass is 487 g/mol. The third-order valence-corrected chi connectivity index (χ3v) is 6.86. The molecule has 2 aliphatic rings. The molecule has 1 N–H and O–H groups in total. The number of hydrogen-bond acceptors (Lipinski definition) is 4. The Morgan fingerprint density at radius 3 is 1.75 bits per heavy atom. The Balaban J connectivity index is 1.52. The minimum Gasteiger partial charge on any atom is -0.493 e. The van der Waals surface area contributed by atoms with Crippen LogP contribution in [0.1, 0.15) is 70.9 Å². The highest BCUT2D eigenvalue weighted by molar-refractivity contribution is 6.31. The van der Waals surface area contributed by atoms with Gasteiger partial charge in [-0.25, -0.2) is 0 Å². The van der Waals surface area contributed by atoms with Gasteiger partial charge in [-0.2, -0.15) is 0 Å². The Labute approximate surface area is 214 Å². The highest BCUT2D eigenvalue weighted by Crippen LogP contribution is 2.42. The number of ether oxygens (including phenoxy) is 2. The van der Waals surface area contributed by atoms with Gasteiger partial charge in [0.25, 0.3) is 5.91 Å². The van der Waals surface area contributed by atoms with Crippen LogP contribution in [0.25, 0.3) is 11.3 Å². The first-order valence-electron chi connectivity index (χ1n) is 13.2. The molecule has 190 valence electrons. The summed E-state index contributed by atoms with van der Waals surface area (Å²) in [5, 5.41) is 2.94. The summed E-state index contributed by atoms with van der Waals surface area (Å²) in [4.78, 5) is 26.0. The molecule has 0 spiro atoms. The van der Waals surface area contributed by atoms with Gasteiger partial charge in [0.1, 0.15) is 11.5 Å². The van der Waals surface area contributed by atoms with Crippen molar-refractivity contribution < 1.29 is 19.1 Å². The van der Waals surface area contributed by atoms with Gasteiger partial charge in [0.2, 0.25) is 0 Å². The highest BCUT2D eigenvalue weighted by Gasteiger charge is 2.40. The molecule has 0 saturated heterocycles. The lowest BCUT2D eigenvalue weighted by molar-refractivity contribution is -0.116. The highest BCUT2D eigenvalue weighted by atomic mass is 16.5. The molecule has 0 aromatic heterocycles. The second-order valence-electron chi connectivity index (χ2n) is 10.1. The molecule has 1 heterocycles. The summed E-state index contributed by atoms with van der Waals surface area (Å²) in [7, 11) is 0. The summed E-state index contributed by atoms with van der Waals surface area (Å²) in [6, 6.07) is 15.3. The van der Waals surface area contributed by atoms with E-state index >= 15 is 0 Å². The van der Waals surface area contributed by atoms with E-state index in [1.54, 1.807) is 0 Å². The fraction of sp³-hybridized carbons (Fsp3) is 0.419. The minimum absolute atomic E-state index is 0.0317. The van der Waals surface area contributed by atoms with Gasteiger partial charge in [0.05, 0.1) is 30.1 Å². The van der Waals surface area contributed by atoms with Crippen LogP contribution in [0.3, 0.4) is 0 Å². The molecular formula is C31H37NO4. The van der Waals surface area contributed by atoms with Crippen molar-refractivity contribution in [3.63, 3.8) is 0 Å². The Morgan fingerprint density at radius 2 is 1.25 bits per heavy atom. The SMILES string of the molecule is CCCC(C)COc1ccc(C2=C3C(=O)NC(c4ccc(OCC(C)CCC)cc4)=C3C(=O)C2)cc1. The number of rotatable bonds is 12. The number of nitrogens with one attached hydrogen (secondary N) is 1. The molecule has 0 bridgehead atoms. The molecule has 1 amide bonds. The van der Waals surface area contributed by atoms with Crippen LogP contribution in [0.5, 0.6) is 11.5 Å². The molecule has 0 saturated carbocycles. The molecule has 2 unspecified atom stereocenters. The predicted octanol–water partition coefficient (Wildman–Crippen LogP) is 6.58. The van der Waals surface area contributed by atoms with Crippen molar-refractivity contribution in [2.24, 2.45) is 11.8 Å². The van der Waals surface area contributed by atoms with Crippen molar-refractivity contribution in [3.05, 3.63) is 70.8 Å². The van der Waals surface area contributed by atoms with E-state index in [1.165, 1.54) is 0 Å². The number of amides is 1. The average Bonchev–Trinajstić information content (AvgIpc) is 3.40. The van der Waals surface area contributed by atoms with Crippen LogP contribution in [-0.4, -0.2) is 24.9 Å². The Hall–Kier alpha value is -3.34. The van der Waals surface area contributed by atoms with Crippen LogP contribution in [-0.2, 0) is 9.59 Å². The molecular weight excluding hydrogens is 450 g/mol. The Morgan fingerprint density at radius 1 is 0.750 bits per heavy atom. The number of benzene rings is 2. The third-order valence-electron chi connectivity index (χ3n) is 6.86. The molecule has 0 radical (unpaired) electrons. The maximum absolute atomic E-state index is 13.0.